The fraction of sp³-hybridized carbons (Fsp3) is 0.853. The summed E-state index contributed by atoms with van der Waals surface area (Å²) >= 11 is 0. The fourth-order valence-corrected chi connectivity index (χ4v) is 7.58. The lowest BCUT2D eigenvalue weighted by molar-refractivity contribution is -0.144. The number of Topliss-reactive ketones (excluding diaryl/α,β-unsaturated/α-hetero) is 2. The van der Waals surface area contributed by atoms with Crippen LogP contribution in [0.1, 0.15) is 101 Å². The predicted octanol–water partition coefficient (Wildman–Crippen LogP) is 3.44. The third kappa shape index (κ3) is 8.96. The van der Waals surface area contributed by atoms with Crippen LogP contribution in [-0.4, -0.2) is 93.4 Å². The van der Waals surface area contributed by atoms with Gasteiger partial charge in [-0.2, -0.15) is 0 Å². The maximum Gasteiger partial charge on any atom is 0.315 e. The summed E-state index contributed by atoms with van der Waals surface area (Å²) in [7, 11) is 0.510. The number of hydrogen-bond acceptors (Lipinski definition) is 6. The van der Waals surface area contributed by atoms with E-state index in [-0.39, 0.29) is 40.5 Å². The molecule has 4 amide bonds. The predicted molar refractivity (Wildman–Crippen MR) is 180 cm³/mol. The van der Waals surface area contributed by atoms with E-state index in [0.29, 0.717) is 19.5 Å². The second kappa shape index (κ2) is 14.4. The standard InChI is InChI=1S/C34H59N5O6S/c1-20(40)27(41)24(17-21-13-12-14-21)35-29(42)26-22-15-16-34(8,9)23(22)18-39(26)30(43)28(33(5,6)7)37-31(44)36-25(32(2,3)4)19-38(10)46(11)45/h21-26,28H,12-19H2,1-11H3,(H,35,42)(H2,36,37,44)/t22-,23-,24?,25+,26-,28+,46?/m0/s1. The van der Waals surface area contributed by atoms with Gasteiger partial charge < -0.3 is 20.9 Å². The zero-order valence-electron chi connectivity index (χ0n) is 30.0. The first-order chi connectivity index (χ1) is 21.0. The highest BCUT2D eigenvalue weighted by molar-refractivity contribution is 7.81. The van der Waals surface area contributed by atoms with Crippen LogP contribution in [0.15, 0.2) is 0 Å². The van der Waals surface area contributed by atoms with Crippen molar-refractivity contribution in [3.8, 4) is 0 Å². The Labute approximate surface area is 278 Å². The second-order valence-electron chi connectivity index (χ2n) is 16.8. The second-order valence-corrected chi connectivity index (χ2v) is 18.3. The molecule has 0 spiro atoms. The van der Waals surface area contributed by atoms with Crippen LogP contribution in [-0.2, 0) is 30.2 Å². The van der Waals surface area contributed by atoms with Crippen molar-refractivity contribution in [1.29, 1.82) is 0 Å². The van der Waals surface area contributed by atoms with Crippen molar-refractivity contribution in [2.75, 3.05) is 26.4 Å². The molecule has 2 saturated carbocycles. The Bertz CT molecular complexity index is 1200. The third-order valence-electron chi connectivity index (χ3n) is 10.7. The van der Waals surface area contributed by atoms with Crippen LogP contribution in [0.2, 0.25) is 0 Å². The highest BCUT2D eigenvalue weighted by atomic mass is 32.2. The van der Waals surface area contributed by atoms with Crippen molar-refractivity contribution in [1.82, 2.24) is 25.2 Å². The molecule has 3 fully saturated rings. The summed E-state index contributed by atoms with van der Waals surface area (Å²) in [4.78, 5) is 68.9. The van der Waals surface area contributed by atoms with E-state index in [1.165, 1.54) is 6.92 Å². The maximum atomic E-state index is 14.5. The van der Waals surface area contributed by atoms with Crippen LogP contribution in [0.25, 0.3) is 0 Å². The normalized spacial score (nSPS) is 25.6. The molecule has 1 saturated heterocycles. The molecule has 11 nitrogen and oxygen atoms in total. The molecule has 1 aliphatic heterocycles. The summed E-state index contributed by atoms with van der Waals surface area (Å²) in [5.41, 5.74) is -1.15. The molecule has 3 rings (SSSR count). The minimum absolute atomic E-state index is 0.0750. The molecule has 262 valence electrons. The summed E-state index contributed by atoms with van der Waals surface area (Å²) in [5.74, 6) is -1.67. The largest absolute Gasteiger partial charge is 0.344 e. The Morgan fingerprint density at radius 2 is 1.57 bits per heavy atom. The first-order valence-corrected chi connectivity index (χ1v) is 18.3. The van der Waals surface area contributed by atoms with Gasteiger partial charge in [0.2, 0.25) is 17.6 Å². The molecule has 46 heavy (non-hydrogen) atoms. The summed E-state index contributed by atoms with van der Waals surface area (Å²) in [5, 5.41) is 8.86. The topological polar surface area (TPSA) is 145 Å². The van der Waals surface area contributed by atoms with Crippen molar-refractivity contribution in [2.45, 2.75) is 125 Å². The first-order valence-electron chi connectivity index (χ1n) is 16.8. The molecule has 7 atom stereocenters. The van der Waals surface area contributed by atoms with E-state index < -0.39 is 58.0 Å². The van der Waals surface area contributed by atoms with Gasteiger partial charge in [-0.15, -0.1) is 0 Å². The lowest BCUT2D eigenvalue weighted by Crippen LogP contribution is -2.62. The van der Waals surface area contributed by atoms with Crippen molar-refractivity contribution >= 4 is 40.4 Å². The Morgan fingerprint density at radius 1 is 0.957 bits per heavy atom. The number of fused-ring (bicyclic) bond motifs is 1. The smallest absolute Gasteiger partial charge is 0.315 e. The molecule has 2 unspecified atom stereocenters. The highest BCUT2D eigenvalue weighted by Gasteiger charge is 2.57. The molecule has 0 aromatic rings. The number of hydrogen-bond donors (Lipinski definition) is 3. The van der Waals surface area contributed by atoms with Gasteiger partial charge >= 0.3 is 6.03 Å². The molecule has 0 radical (unpaired) electrons. The molecule has 0 bridgehead atoms. The molecular weight excluding hydrogens is 606 g/mol. The highest BCUT2D eigenvalue weighted by Crippen LogP contribution is 2.53. The molecular formula is C34H59N5O6S. The van der Waals surface area contributed by atoms with Crippen LogP contribution < -0.4 is 16.0 Å². The number of nitrogens with one attached hydrogen (secondary N) is 3. The molecule has 2 aliphatic carbocycles. The van der Waals surface area contributed by atoms with Gasteiger partial charge in [0.05, 0.1) is 17.0 Å². The fourth-order valence-electron chi connectivity index (χ4n) is 7.22. The Morgan fingerprint density at radius 3 is 2.04 bits per heavy atom. The minimum atomic E-state index is -1.22. The molecule has 12 heteroatoms. The lowest BCUT2D eigenvalue weighted by atomic mass is 9.79. The number of likely N-dealkylation sites (N-methyl/N-ethyl adjacent to an activating group) is 1. The average molecular weight is 666 g/mol. The van der Waals surface area contributed by atoms with Crippen LogP contribution in [0.3, 0.4) is 0 Å². The molecule has 3 aliphatic rings. The van der Waals surface area contributed by atoms with E-state index in [1.807, 2.05) is 41.5 Å². The number of nitrogens with zero attached hydrogens (tertiary/aromatic N) is 2. The number of amides is 4. The summed E-state index contributed by atoms with van der Waals surface area (Å²) in [6, 6.07) is -3.56. The SMILES string of the molecule is CC(=O)C(=O)C(CC1CCC1)NC(=O)[C@@H]1[C@H]2CCC(C)(C)[C@H]2CN1C(=O)[C@@H](NC(=O)N[C@H](CN(C)S(C)=O)C(C)(C)C)C(C)(C)C. The summed E-state index contributed by atoms with van der Waals surface area (Å²) in [6.45, 7) is 17.9. The van der Waals surface area contributed by atoms with E-state index in [1.54, 1.807) is 22.5 Å². The van der Waals surface area contributed by atoms with Crippen LogP contribution in [0, 0.1) is 34.0 Å². The van der Waals surface area contributed by atoms with E-state index in [4.69, 9.17) is 0 Å². The molecule has 1 heterocycles. The Kier molecular flexibility index (Phi) is 11.9. The van der Waals surface area contributed by atoms with Gasteiger partial charge in [-0.25, -0.2) is 13.3 Å². The van der Waals surface area contributed by atoms with E-state index in [2.05, 4.69) is 29.8 Å². The lowest BCUT2D eigenvalue weighted by Gasteiger charge is -2.38. The molecule has 0 aromatic heterocycles. The van der Waals surface area contributed by atoms with Gasteiger partial charge in [-0.1, -0.05) is 74.7 Å². The van der Waals surface area contributed by atoms with Crippen molar-refractivity contribution in [3.05, 3.63) is 0 Å². The average Bonchev–Trinajstić information content (AvgIpc) is 3.43. The monoisotopic (exact) mass is 665 g/mol. The van der Waals surface area contributed by atoms with Crippen molar-refractivity contribution in [3.63, 3.8) is 0 Å². The van der Waals surface area contributed by atoms with Crippen molar-refractivity contribution in [2.24, 2.45) is 34.0 Å². The summed E-state index contributed by atoms with van der Waals surface area (Å²) < 4.78 is 13.7. The summed E-state index contributed by atoms with van der Waals surface area (Å²) in [6.07, 6.45) is 6.69. The molecule has 0 aromatic carbocycles. The van der Waals surface area contributed by atoms with E-state index in [0.717, 1.165) is 32.1 Å². The van der Waals surface area contributed by atoms with Gasteiger partial charge in [0, 0.05) is 32.3 Å². The van der Waals surface area contributed by atoms with Gasteiger partial charge in [0.1, 0.15) is 12.1 Å². The first kappa shape index (κ1) is 38.1. The van der Waals surface area contributed by atoms with Crippen molar-refractivity contribution < 1.29 is 28.2 Å². The van der Waals surface area contributed by atoms with Crippen LogP contribution in [0.4, 0.5) is 4.79 Å². The quantitative estimate of drug-likeness (QED) is 0.273. The Hall–Kier alpha value is -2.34. The number of urea groups is 1. The number of ketones is 2. The number of carbonyl (C=O) groups is 5. The van der Waals surface area contributed by atoms with Gasteiger partial charge in [0.15, 0.2) is 5.78 Å². The third-order valence-corrected chi connectivity index (χ3v) is 11.7. The number of rotatable bonds is 12. The van der Waals surface area contributed by atoms with E-state index in [9.17, 15) is 28.2 Å². The van der Waals surface area contributed by atoms with Gasteiger partial charge in [-0.3, -0.25) is 19.2 Å². The van der Waals surface area contributed by atoms with E-state index >= 15 is 0 Å². The van der Waals surface area contributed by atoms with Gasteiger partial charge in [-0.05, 0) is 60.3 Å². The number of likely N-dealkylation sites (tertiary alicyclic amines) is 1. The van der Waals surface area contributed by atoms with Crippen LogP contribution in [0.5, 0.6) is 0 Å². The Balaban J connectivity index is 1.89. The van der Waals surface area contributed by atoms with Gasteiger partial charge in [0.25, 0.3) is 0 Å². The molecule has 3 N–H and O–H groups in total. The minimum Gasteiger partial charge on any atom is -0.344 e. The maximum absolute atomic E-state index is 14.5. The number of carbonyl (C=O) groups excluding carboxylic acids is 5. The zero-order valence-corrected chi connectivity index (χ0v) is 30.8. The zero-order chi connectivity index (χ0) is 34.9. The van der Waals surface area contributed by atoms with Crippen LogP contribution >= 0.6 is 0 Å².